The Bertz CT molecular complexity index is 1540. The molecule has 0 N–H and O–H groups in total. The minimum Gasteiger partial charge on any atom is -0.465 e. The zero-order chi connectivity index (χ0) is 29.4. The van der Waals surface area contributed by atoms with Gasteiger partial charge in [-0.1, -0.05) is 71.0 Å². The standard InChI is InChI=1S/C32H31N3O3.C2H6/c1-21-6-9-24(16-27(21)19-33)23-10-7-22(8-11-23)20-35(29(36)18-32(2,3)4)30-28-13-12-26(31(37)38-5)17-25(28)14-15-34-30;1-2/h6-17H,18,20H2,1-5H3;1-2H3. The van der Waals surface area contributed by atoms with Crippen molar-refractivity contribution in [1.29, 1.82) is 5.26 Å². The molecule has 206 valence electrons. The summed E-state index contributed by atoms with van der Waals surface area (Å²) < 4.78 is 4.86. The molecule has 0 fully saturated rings. The molecule has 0 unspecified atom stereocenters. The summed E-state index contributed by atoms with van der Waals surface area (Å²) >= 11 is 0. The summed E-state index contributed by atoms with van der Waals surface area (Å²) in [5.41, 5.74) is 4.76. The summed E-state index contributed by atoms with van der Waals surface area (Å²) in [7, 11) is 1.35. The minimum atomic E-state index is -0.415. The summed E-state index contributed by atoms with van der Waals surface area (Å²) in [5, 5.41) is 11.0. The highest BCUT2D eigenvalue weighted by molar-refractivity contribution is 6.04. The zero-order valence-corrected chi connectivity index (χ0v) is 24.4. The molecule has 4 aromatic rings. The number of ether oxygens (including phenoxy) is 1. The number of nitrogens with zero attached hydrogens (tertiary/aromatic N) is 3. The van der Waals surface area contributed by atoms with E-state index in [1.165, 1.54) is 7.11 Å². The Morgan fingerprint density at radius 3 is 2.25 bits per heavy atom. The van der Waals surface area contributed by atoms with Gasteiger partial charge in [-0.25, -0.2) is 9.78 Å². The molecule has 0 saturated carbocycles. The van der Waals surface area contributed by atoms with Crippen LogP contribution < -0.4 is 4.90 Å². The molecule has 4 rings (SSSR count). The fourth-order valence-corrected chi connectivity index (χ4v) is 4.36. The van der Waals surface area contributed by atoms with E-state index in [0.29, 0.717) is 29.9 Å². The fourth-order valence-electron chi connectivity index (χ4n) is 4.36. The normalized spacial score (nSPS) is 10.8. The summed E-state index contributed by atoms with van der Waals surface area (Å²) in [6.07, 6.45) is 2.01. The Balaban J connectivity index is 0.00000216. The summed E-state index contributed by atoms with van der Waals surface area (Å²) in [6, 6.07) is 23.2. The van der Waals surface area contributed by atoms with Crippen LogP contribution in [0.3, 0.4) is 0 Å². The SMILES string of the molecule is CC.COC(=O)c1ccc2c(N(Cc3ccc(-c4ccc(C)c(C#N)c4)cc3)C(=O)CC(C)(C)C)nccc2c1. The second kappa shape index (κ2) is 13.0. The first-order chi connectivity index (χ1) is 19.1. The summed E-state index contributed by atoms with van der Waals surface area (Å²) in [5.74, 6) is 0.103. The predicted octanol–water partition coefficient (Wildman–Crippen LogP) is 7.86. The second-order valence-electron chi connectivity index (χ2n) is 10.6. The Morgan fingerprint density at radius 1 is 0.950 bits per heavy atom. The van der Waals surface area contributed by atoms with E-state index in [9.17, 15) is 14.9 Å². The number of methoxy groups -OCH3 is 1. The third kappa shape index (κ3) is 7.12. The highest BCUT2D eigenvalue weighted by Crippen LogP contribution is 2.30. The van der Waals surface area contributed by atoms with Crippen molar-refractivity contribution in [2.24, 2.45) is 5.41 Å². The molecule has 0 aliphatic carbocycles. The molecule has 3 aromatic carbocycles. The molecular formula is C34H37N3O3. The number of pyridine rings is 1. The number of anilines is 1. The Labute approximate surface area is 237 Å². The van der Waals surface area contributed by atoms with Gasteiger partial charge in [-0.05, 0) is 70.3 Å². The average molecular weight is 536 g/mol. The molecule has 0 saturated heterocycles. The lowest BCUT2D eigenvalue weighted by Gasteiger charge is -2.27. The maximum Gasteiger partial charge on any atom is 0.337 e. The smallest absolute Gasteiger partial charge is 0.337 e. The third-order valence-corrected chi connectivity index (χ3v) is 6.39. The van der Waals surface area contributed by atoms with E-state index in [1.807, 2.05) is 96.1 Å². The van der Waals surface area contributed by atoms with Gasteiger partial charge >= 0.3 is 5.97 Å². The van der Waals surface area contributed by atoms with Crippen molar-refractivity contribution >= 4 is 28.5 Å². The molecule has 1 amide bonds. The van der Waals surface area contributed by atoms with Crippen molar-refractivity contribution in [3.05, 3.63) is 95.2 Å². The van der Waals surface area contributed by atoms with Crippen LogP contribution in [-0.4, -0.2) is 24.0 Å². The largest absolute Gasteiger partial charge is 0.465 e. The molecule has 0 aliphatic rings. The van der Waals surface area contributed by atoms with Crippen LogP contribution in [0.15, 0.2) is 72.9 Å². The van der Waals surface area contributed by atoms with E-state index in [4.69, 9.17) is 4.74 Å². The van der Waals surface area contributed by atoms with Crippen LogP contribution in [0.2, 0.25) is 0 Å². The van der Waals surface area contributed by atoms with Crippen LogP contribution in [0.1, 0.15) is 68.1 Å². The molecule has 0 bridgehead atoms. The van der Waals surface area contributed by atoms with Crippen LogP contribution in [0, 0.1) is 23.7 Å². The number of rotatable bonds is 6. The van der Waals surface area contributed by atoms with Gasteiger partial charge in [0.2, 0.25) is 5.91 Å². The van der Waals surface area contributed by atoms with E-state index in [0.717, 1.165) is 33.0 Å². The highest BCUT2D eigenvalue weighted by atomic mass is 16.5. The van der Waals surface area contributed by atoms with Crippen molar-refractivity contribution in [1.82, 2.24) is 4.98 Å². The van der Waals surface area contributed by atoms with Gasteiger partial charge in [0.05, 0.1) is 30.9 Å². The van der Waals surface area contributed by atoms with Crippen LogP contribution in [0.4, 0.5) is 5.82 Å². The van der Waals surface area contributed by atoms with Crippen LogP contribution >= 0.6 is 0 Å². The molecule has 40 heavy (non-hydrogen) atoms. The van der Waals surface area contributed by atoms with Gasteiger partial charge in [-0.3, -0.25) is 9.69 Å². The number of hydrogen-bond donors (Lipinski definition) is 0. The molecule has 0 atom stereocenters. The third-order valence-electron chi connectivity index (χ3n) is 6.39. The van der Waals surface area contributed by atoms with Crippen molar-refractivity contribution in [2.75, 3.05) is 12.0 Å². The molecule has 0 spiro atoms. The first-order valence-corrected chi connectivity index (χ1v) is 13.5. The number of amides is 1. The molecule has 0 aliphatic heterocycles. The highest BCUT2D eigenvalue weighted by Gasteiger charge is 2.25. The molecular weight excluding hydrogens is 498 g/mol. The first kappa shape index (κ1) is 30.0. The topological polar surface area (TPSA) is 83.3 Å². The van der Waals surface area contributed by atoms with Gasteiger partial charge < -0.3 is 4.74 Å². The zero-order valence-electron chi connectivity index (χ0n) is 24.4. The quantitative estimate of drug-likeness (QED) is 0.235. The number of benzene rings is 3. The van der Waals surface area contributed by atoms with Gasteiger partial charge in [-0.2, -0.15) is 5.26 Å². The lowest BCUT2D eigenvalue weighted by molar-refractivity contribution is -0.120. The van der Waals surface area contributed by atoms with Crippen molar-refractivity contribution in [3.63, 3.8) is 0 Å². The maximum absolute atomic E-state index is 13.6. The number of carbonyl (C=O) groups excluding carboxylic acids is 2. The Hall–Kier alpha value is -4.50. The van der Waals surface area contributed by atoms with Gasteiger partial charge in [0.15, 0.2) is 0 Å². The predicted molar refractivity (Wildman–Crippen MR) is 161 cm³/mol. The van der Waals surface area contributed by atoms with E-state index < -0.39 is 5.97 Å². The Kier molecular flexibility index (Phi) is 9.79. The average Bonchev–Trinajstić information content (AvgIpc) is 2.95. The number of aryl methyl sites for hydroxylation is 1. The molecule has 1 heterocycles. The lowest BCUT2D eigenvalue weighted by atomic mass is 9.91. The summed E-state index contributed by atoms with van der Waals surface area (Å²) in [4.78, 5) is 32.0. The van der Waals surface area contributed by atoms with Crippen molar-refractivity contribution in [2.45, 2.75) is 54.5 Å². The number of carbonyl (C=O) groups is 2. The van der Waals surface area contributed by atoms with Crippen molar-refractivity contribution in [3.8, 4) is 17.2 Å². The Morgan fingerprint density at radius 2 is 1.62 bits per heavy atom. The lowest BCUT2D eigenvalue weighted by Crippen LogP contribution is -2.34. The molecule has 6 heteroatoms. The monoisotopic (exact) mass is 535 g/mol. The van der Waals surface area contributed by atoms with Crippen LogP contribution in [-0.2, 0) is 16.1 Å². The maximum atomic E-state index is 13.6. The number of hydrogen-bond acceptors (Lipinski definition) is 5. The van der Waals surface area contributed by atoms with E-state index in [-0.39, 0.29) is 11.3 Å². The number of esters is 1. The van der Waals surface area contributed by atoms with Gasteiger partial charge in [0, 0.05) is 18.0 Å². The molecule has 0 radical (unpaired) electrons. The van der Waals surface area contributed by atoms with E-state index in [1.54, 1.807) is 23.2 Å². The van der Waals surface area contributed by atoms with Gasteiger partial charge in [-0.15, -0.1) is 0 Å². The number of nitriles is 1. The van der Waals surface area contributed by atoms with Crippen LogP contribution in [0.5, 0.6) is 0 Å². The van der Waals surface area contributed by atoms with E-state index >= 15 is 0 Å². The van der Waals surface area contributed by atoms with E-state index in [2.05, 4.69) is 11.1 Å². The number of fused-ring (bicyclic) bond motifs is 1. The second-order valence-corrected chi connectivity index (χ2v) is 10.6. The van der Waals surface area contributed by atoms with Crippen LogP contribution in [0.25, 0.3) is 21.9 Å². The van der Waals surface area contributed by atoms with Crippen molar-refractivity contribution < 1.29 is 14.3 Å². The fraction of sp³-hybridized carbons (Fsp3) is 0.294. The molecule has 6 nitrogen and oxygen atoms in total. The first-order valence-electron chi connectivity index (χ1n) is 13.5. The van der Waals surface area contributed by atoms with Gasteiger partial charge in [0.1, 0.15) is 5.82 Å². The number of aromatic nitrogens is 1. The minimum absolute atomic E-state index is 0.0317. The summed E-state index contributed by atoms with van der Waals surface area (Å²) in [6.45, 7) is 12.4. The van der Waals surface area contributed by atoms with Gasteiger partial charge in [0.25, 0.3) is 0 Å². The molecule has 1 aromatic heterocycles.